The van der Waals surface area contributed by atoms with E-state index in [4.69, 9.17) is 9.15 Å². The summed E-state index contributed by atoms with van der Waals surface area (Å²) in [5.41, 5.74) is 1.99. The molecule has 0 spiro atoms. The number of amides is 1. The molecule has 2 aromatic rings. The fourth-order valence-corrected chi connectivity index (χ4v) is 5.12. The predicted octanol–water partition coefficient (Wildman–Crippen LogP) is 3.64. The van der Waals surface area contributed by atoms with Crippen molar-refractivity contribution in [3.63, 3.8) is 0 Å². The second-order valence-corrected chi connectivity index (χ2v) is 10.0. The first-order valence-electron chi connectivity index (χ1n) is 10.8. The number of sulfonamides is 1. The largest absolute Gasteiger partial charge is 0.460 e. The highest BCUT2D eigenvalue weighted by Gasteiger charge is 2.35. The molecule has 0 radical (unpaired) electrons. The molecule has 174 valence electrons. The van der Waals surface area contributed by atoms with E-state index in [0.717, 1.165) is 11.3 Å². The van der Waals surface area contributed by atoms with Crippen molar-refractivity contribution in [3.8, 4) is 0 Å². The summed E-state index contributed by atoms with van der Waals surface area (Å²) in [5, 5.41) is -0.298. The summed E-state index contributed by atoms with van der Waals surface area (Å²) in [6.45, 7) is 6.43. The Morgan fingerprint density at radius 3 is 2.50 bits per heavy atom. The van der Waals surface area contributed by atoms with Gasteiger partial charge in [-0.15, -0.1) is 0 Å². The highest BCUT2D eigenvalue weighted by atomic mass is 32.2. The minimum atomic E-state index is -3.89. The van der Waals surface area contributed by atoms with Gasteiger partial charge < -0.3 is 14.1 Å². The fraction of sp³-hybridized carbons (Fsp3) is 0.478. The molecule has 1 aliphatic rings. The van der Waals surface area contributed by atoms with Gasteiger partial charge in [0.1, 0.15) is 0 Å². The Labute approximate surface area is 189 Å². The topological polar surface area (TPSA) is 97.1 Å². The second-order valence-electron chi connectivity index (χ2n) is 8.16. The van der Waals surface area contributed by atoms with Gasteiger partial charge in [0.2, 0.25) is 16.8 Å². The van der Waals surface area contributed by atoms with Crippen molar-refractivity contribution in [1.82, 2.24) is 4.31 Å². The summed E-state index contributed by atoms with van der Waals surface area (Å²) in [6, 6.07) is 10.5. The number of furan rings is 1. The van der Waals surface area contributed by atoms with E-state index in [0.29, 0.717) is 18.8 Å². The van der Waals surface area contributed by atoms with E-state index in [2.05, 4.69) is 13.8 Å². The van der Waals surface area contributed by atoms with Crippen LogP contribution in [0.25, 0.3) is 0 Å². The molecule has 1 fully saturated rings. The van der Waals surface area contributed by atoms with Crippen LogP contribution in [0.4, 0.5) is 5.69 Å². The summed E-state index contributed by atoms with van der Waals surface area (Å²) in [6.07, 6.45) is 0.829. The number of piperidine rings is 1. The third-order valence-electron chi connectivity index (χ3n) is 5.71. The summed E-state index contributed by atoms with van der Waals surface area (Å²) in [5.74, 6) is -0.784. The average Bonchev–Trinajstić information content (AvgIpc) is 3.30. The normalized spacial score (nSPS) is 15.7. The zero-order chi connectivity index (χ0) is 23.5. The van der Waals surface area contributed by atoms with Crippen molar-refractivity contribution >= 4 is 27.6 Å². The van der Waals surface area contributed by atoms with E-state index >= 15 is 0 Å². The van der Waals surface area contributed by atoms with Gasteiger partial charge in [-0.3, -0.25) is 4.79 Å². The van der Waals surface area contributed by atoms with Crippen LogP contribution >= 0.6 is 0 Å². The van der Waals surface area contributed by atoms with Crippen LogP contribution < -0.4 is 4.90 Å². The van der Waals surface area contributed by atoms with E-state index < -0.39 is 16.0 Å². The standard InChI is InChI=1S/C23H30N2O6S/c1-5-30-23(27)20-9-10-21(31-20)32(28,29)25-13-11-17(12-14-25)22(26)24(4)19-8-6-7-18(15-19)16(2)3/h6-10,15-17H,5,11-14H2,1-4H3. The fourth-order valence-electron chi connectivity index (χ4n) is 3.73. The minimum Gasteiger partial charge on any atom is -0.460 e. The number of carbonyl (C=O) groups excluding carboxylic acids is 2. The molecule has 1 aromatic heterocycles. The van der Waals surface area contributed by atoms with Crippen LogP contribution in [0.5, 0.6) is 0 Å². The highest BCUT2D eigenvalue weighted by molar-refractivity contribution is 7.89. The van der Waals surface area contributed by atoms with E-state index in [1.54, 1.807) is 18.9 Å². The van der Waals surface area contributed by atoms with E-state index in [-0.39, 0.29) is 42.4 Å². The Hall–Kier alpha value is -2.65. The van der Waals surface area contributed by atoms with Crippen molar-refractivity contribution in [2.24, 2.45) is 5.92 Å². The molecule has 0 N–H and O–H groups in total. The molecule has 0 atom stereocenters. The first kappa shape index (κ1) is 24.0. The summed E-state index contributed by atoms with van der Waals surface area (Å²) in [7, 11) is -2.14. The maximum Gasteiger partial charge on any atom is 0.374 e. The molecule has 0 bridgehead atoms. The molecule has 3 rings (SSSR count). The smallest absolute Gasteiger partial charge is 0.374 e. The van der Waals surface area contributed by atoms with Crippen LogP contribution in [0.1, 0.15) is 55.6 Å². The number of nitrogens with zero attached hydrogens (tertiary/aromatic N) is 2. The van der Waals surface area contributed by atoms with E-state index in [1.807, 2.05) is 24.3 Å². The van der Waals surface area contributed by atoms with Crippen LogP contribution in [0.3, 0.4) is 0 Å². The summed E-state index contributed by atoms with van der Waals surface area (Å²) in [4.78, 5) is 26.4. The number of rotatable bonds is 7. The lowest BCUT2D eigenvalue weighted by molar-refractivity contribution is -0.123. The predicted molar refractivity (Wildman–Crippen MR) is 120 cm³/mol. The van der Waals surface area contributed by atoms with Crippen molar-refractivity contribution in [3.05, 3.63) is 47.7 Å². The maximum atomic E-state index is 13.0. The Bertz CT molecular complexity index is 1070. The molecule has 1 amide bonds. The van der Waals surface area contributed by atoms with Gasteiger partial charge in [-0.05, 0) is 55.5 Å². The van der Waals surface area contributed by atoms with Gasteiger partial charge in [0, 0.05) is 31.7 Å². The average molecular weight is 463 g/mol. The third-order valence-corrected chi connectivity index (χ3v) is 7.48. The van der Waals surface area contributed by atoms with Crippen molar-refractivity contribution < 1.29 is 27.2 Å². The molecule has 8 nitrogen and oxygen atoms in total. The number of anilines is 1. The first-order chi connectivity index (χ1) is 15.1. The molecular formula is C23H30N2O6S. The van der Waals surface area contributed by atoms with Gasteiger partial charge in [-0.25, -0.2) is 13.2 Å². The van der Waals surface area contributed by atoms with E-state index in [9.17, 15) is 18.0 Å². The quantitative estimate of drug-likeness (QED) is 0.583. The van der Waals surface area contributed by atoms with Crippen LogP contribution in [-0.2, 0) is 19.6 Å². The lowest BCUT2D eigenvalue weighted by Crippen LogP contribution is -2.43. The van der Waals surface area contributed by atoms with E-state index in [1.165, 1.54) is 16.4 Å². The third kappa shape index (κ3) is 5.05. The first-order valence-corrected chi connectivity index (χ1v) is 12.2. The monoisotopic (exact) mass is 462 g/mol. The molecule has 1 aliphatic heterocycles. The van der Waals surface area contributed by atoms with Crippen molar-refractivity contribution in [2.75, 3.05) is 31.6 Å². The summed E-state index contributed by atoms with van der Waals surface area (Å²) < 4.78 is 37.2. The van der Waals surface area contributed by atoms with Crippen molar-refractivity contribution in [1.29, 1.82) is 0 Å². The Morgan fingerprint density at radius 2 is 1.88 bits per heavy atom. The Kier molecular flexibility index (Phi) is 7.40. The van der Waals surface area contributed by atoms with Gasteiger partial charge in [-0.1, -0.05) is 26.0 Å². The van der Waals surface area contributed by atoms with Crippen molar-refractivity contribution in [2.45, 2.75) is 44.6 Å². The van der Waals surface area contributed by atoms with Gasteiger partial charge >= 0.3 is 5.97 Å². The molecule has 32 heavy (non-hydrogen) atoms. The zero-order valence-corrected chi connectivity index (χ0v) is 19.7. The van der Waals surface area contributed by atoms with Gasteiger partial charge in [0.25, 0.3) is 10.0 Å². The number of benzene rings is 1. The minimum absolute atomic E-state index is 0.0226. The summed E-state index contributed by atoms with van der Waals surface area (Å²) >= 11 is 0. The SMILES string of the molecule is CCOC(=O)c1ccc(S(=O)(=O)N2CCC(C(=O)N(C)c3cccc(C(C)C)c3)CC2)o1. The Balaban J connectivity index is 1.64. The Morgan fingerprint density at radius 1 is 1.19 bits per heavy atom. The van der Waals surface area contributed by atoms with Crippen LogP contribution in [-0.4, -0.2) is 51.3 Å². The molecule has 0 unspecified atom stereocenters. The molecule has 0 aliphatic carbocycles. The maximum absolute atomic E-state index is 13.0. The van der Waals surface area contributed by atoms with Crippen LogP contribution in [0, 0.1) is 5.92 Å². The second kappa shape index (κ2) is 9.87. The molecule has 2 heterocycles. The number of hydrogen-bond acceptors (Lipinski definition) is 6. The number of esters is 1. The highest BCUT2D eigenvalue weighted by Crippen LogP contribution is 2.28. The number of carbonyl (C=O) groups is 2. The van der Waals surface area contributed by atoms with Crippen LogP contribution in [0.15, 0.2) is 45.9 Å². The lowest BCUT2D eigenvalue weighted by atomic mass is 9.96. The van der Waals surface area contributed by atoms with Gasteiger partial charge in [0.05, 0.1) is 6.61 Å². The van der Waals surface area contributed by atoms with Gasteiger partial charge in [0.15, 0.2) is 0 Å². The zero-order valence-electron chi connectivity index (χ0n) is 18.9. The van der Waals surface area contributed by atoms with Gasteiger partial charge in [-0.2, -0.15) is 4.31 Å². The molecule has 9 heteroatoms. The van der Waals surface area contributed by atoms with Crippen LogP contribution in [0.2, 0.25) is 0 Å². The molecule has 1 saturated heterocycles. The lowest BCUT2D eigenvalue weighted by Gasteiger charge is -2.32. The number of hydrogen-bond donors (Lipinski definition) is 0. The molecule has 0 saturated carbocycles. The molecular weight excluding hydrogens is 432 g/mol. The number of ether oxygens (including phenoxy) is 1. The molecule has 1 aromatic carbocycles.